The van der Waals surface area contributed by atoms with E-state index >= 15 is 0 Å². The molecule has 1 aromatic heterocycles. The van der Waals surface area contributed by atoms with Crippen LogP contribution in [0.5, 0.6) is 0 Å². The van der Waals surface area contributed by atoms with E-state index in [1.807, 2.05) is 0 Å². The third-order valence-corrected chi connectivity index (χ3v) is 7.32. The lowest BCUT2D eigenvalue weighted by Gasteiger charge is -2.08. The number of anilines is 1. The summed E-state index contributed by atoms with van der Waals surface area (Å²) in [6, 6.07) is 13.1. The third-order valence-electron chi connectivity index (χ3n) is 4.65. The van der Waals surface area contributed by atoms with Crippen molar-refractivity contribution < 1.29 is 22.0 Å². The molecule has 1 heterocycles. The largest absolute Gasteiger partial charge is 0.302 e. The molecule has 1 N–H and O–H groups in total. The molecule has 4 rings (SSSR count). The van der Waals surface area contributed by atoms with E-state index in [1.54, 1.807) is 0 Å². The number of carbonyl (C=O) groups excluding carboxylic acids is 1. The first-order valence-electron chi connectivity index (χ1n) is 9.57. The maximum Gasteiger partial charge on any atom is 0.279 e. The molecule has 11 heteroatoms. The Morgan fingerprint density at radius 1 is 1.12 bits per heavy atom. The molecule has 0 atom stereocenters. The van der Waals surface area contributed by atoms with Crippen LogP contribution in [-0.2, 0) is 16.6 Å². The zero-order valence-electron chi connectivity index (χ0n) is 17.1. The maximum absolute atomic E-state index is 14.3. The van der Waals surface area contributed by atoms with Crippen molar-refractivity contribution >= 4 is 54.8 Å². The van der Waals surface area contributed by atoms with Gasteiger partial charge in [0.15, 0.2) is 10.6 Å². The number of aromatic nitrogens is 1. The molecule has 1 amide bonds. The lowest BCUT2D eigenvalue weighted by Crippen LogP contribution is -2.17. The van der Waals surface area contributed by atoms with Gasteiger partial charge in [0.25, 0.3) is 15.9 Å². The molecule has 6 nitrogen and oxygen atoms in total. The summed E-state index contributed by atoms with van der Waals surface area (Å²) in [5, 5.41) is 0.403. The van der Waals surface area contributed by atoms with E-state index in [0.717, 1.165) is 23.5 Å². The second kappa shape index (κ2) is 9.38. The number of amides is 1. The van der Waals surface area contributed by atoms with Gasteiger partial charge >= 0.3 is 0 Å². The molecule has 0 saturated carbocycles. The second-order valence-electron chi connectivity index (χ2n) is 6.96. The van der Waals surface area contributed by atoms with Crippen LogP contribution in [0.1, 0.15) is 10.4 Å². The summed E-state index contributed by atoms with van der Waals surface area (Å²) in [7, 11) is -3.85. The summed E-state index contributed by atoms with van der Waals surface area (Å²) >= 11 is 6.71. The molecular weight excluding hydrogens is 504 g/mol. The molecule has 0 aliphatic carbocycles. The second-order valence-corrected chi connectivity index (χ2v) is 10.1. The molecule has 172 valence electrons. The lowest BCUT2D eigenvalue weighted by molar-refractivity contribution is 0.0998. The van der Waals surface area contributed by atoms with Gasteiger partial charge in [-0.15, -0.1) is 6.42 Å². The van der Waals surface area contributed by atoms with Gasteiger partial charge in [-0.05, 0) is 54.6 Å². The summed E-state index contributed by atoms with van der Waals surface area (Å²) in [6.07, 6.45) is 5.37. The highest BCUT2D eigenvalue weighted by Crippen LogP contribution is 2.23. The zero-order valence-corrected chi connectivity index (χ0v) is 19.5. The number of nitrogens with one attached hydrogen (secondary N) is 1. The van der Waals surface area contributed by atoms with Crippen molar-refractivity contribution in [3.05, 3.63) is 87.7 Å². The average molecular weight is 518 g/mol. The minimum Gasteiger partial charge on any atom is -0.302 e. The highest BCUT2D eigenvalue weighted by Gasteiger charge is 2.16. The molecule has 0 bridgehead atoms. The quantitative estimate of drug-likeness (QED) is 0.386. The van der Waals surface area contributed by atoms with Gasteiger partial charge in [0.2, 0.25) is 0 Å². The van der Waals surface area contributed by atoms with Crippen molar-refractivity contribution in [2.75, 3.05) is 4.72 Å². The first-order valence-corrected chi connectivity index (χ1v) is 12.2. The molecular formula is C23H14ClF2N3O3S2. The summed E-state index contributed by atoms with van der Waals surface area (Å²) in [5.41, 5.74) is 0.446. The molecule has 3 aromatic carbocycles. The van der Waals surface area contributed by atoms with E-state index in [1.165, 1.54) is 53.1 Å². The van der Waals surface area contributed by atoms with Crippen LogP contribution < -0.4 is 9.52 Å². The minimum atomic E-state index is -3.85. The Bertz CT molecular complexity index is 1620. The molecule has 0 saturated heterocycles. The van der Waals surface area contributed by atoms with E-state index < -0.39 is 27.6 Å². The van der Waals surface area contributed by atoms with Crippen LogP contribution in [0.25, 0.3) is 10.2 Å². The Morgan fingerprint density at radius 2 is 1.79 bits per heavy atom. The number of terminal acetylenes is 1. The number of hydrogen-bond acceptors (Lipinski definition) is 4. The van der Waals surface area contributed by atoms with E-state index in [9.17, 15) is 22.0 Å². The van der Waals surface area contributed by atoms with Crippen molar-refractivity contribution in [2.45, 2.75) is 11.4 Å². The molecule has 0 aliphatic rings. The number of hydrogen-bond donors (Lipinski definition) is 1. The monoisotopic (exact) mass is 517 g/mol. The summed E-state index contributed by atoms with van der Waals surface area (Å²) in [5.74, 6) is 0.139. The SMILES string of the molecule is C#CCn1c(=NC(=O)c2ccc(NS(=O)(=O)c3ccc(Cl)cc3)cc2)sc2cc(F)cc(F)c21. The van der Waals surface area contributed by atoms with Crippen LogP contribution in [0.3, 0.4) is 0 Å². The molecule has 0 spiro atoms. The smallest absolute Gasteiger partial charge is 0.279 e. The Labute approximate surface area is 202 Å². The highest BCUT2D eigenvalue weighted by molar-refractivity contribution is 7.92. The van der Waals surface area contributed by atoms with Gasteiger partial charge in [0, 0.05) is 22.3 Å². The van der Waals surface area contributed by atoms with Gasteiger partial charge in [-0.25, -0.2) is 17.2 Å². The predicted octanol–water partition coefficient (Wildman–Crippen LogP) is 4.81. The first-order chi connectivity index (χ1) is 16.2. The van der Waals surface area contributed by atoms with Crippen molar-refractivity contribution in [3.63, 3.8) is 0 Å². The Hall–Kier alpha value is -3.52. The van der Waals surface area contributed by atoms with Gasteiger partial charge in [-0.1, -0.05) is 28.9 Å². The molecule has 0 fully saturated rings. The number of fused-ring (bicyclic) bond motifs is 1. The number of carbonyl (C=O) groups is 1. The average Bonchev–Trinajstić information content (AvgIpc) is 3.11. The van der Waals surface area contributed by atoms with Crippen LogP contribution in [-0.4, -0.2) is 18.9 Å². The minimum absolute atomic E-state index is 0.0264. The molecule has 0 unspecified atom stereocenters. The first kappa shape index (κ1) is 23.6. The zero-order chi connectivity index (χ0) is 24.5. The topological polar surface area (TPSA) is 80.5 Å². The van der Waals surface area contributed by atoms with Crippen LogP contribution in [0.4, 0.5) is 14.5 Å². The lowest BCUT2D eigenvalue weighted by atomic mass is 10.2. The van der Waals surface area contributed by atoms with Crippen LogP contribution >= 0.6 is 22.9 Å². The molecule has 4 aromatic rings. The van der Waals surface area contributed by atoms with Gasteiger partial charge in [-0.2, -0.15) is 4.99 Å². The van der Waals surface area contributed by atoms with E-state index in [4.69, 9.17) is 18.0 Å². The standard InChI is InChI=1S/C23H14ClF2N3O3S2/c1-2-11-29-21-19(26)12-16(25)13-20(21)33-23(29)27-22(30)14-3-7-17(8-4-14)28-34(31,32)18-9-5-15(24)6-10-18/h1,3-10,12-13,28H,11H2. The molecule has 0 radical (unpaired) electrons. The van der Waals surface area contributed by atoms with Crippen molar-refractivity contribution in [1.29, 1.82) is 0 Å². The van der Waals surface area contributed by atoms with Crippen LogP contribution in [0, 0.1) is 24.0 Å². The van der Waals surface area contributed by atoms with Gasteiger partial charge in [0.1, 0.15) is 5.82 Å². The Morgan fingerprint density at radius 3 is 2.44 bits per heavy atom. The number of thiazole rings is 1. The van der Waals surface area contributed by atoms with Crippen molar-refractivity contribution in [1.82, 2.24) is 4.57 Å². The predicted molar refractivity (Wildman–Crippen MR) is 127 cm³/mol. The highest BCUT2D eigenvalue weighted by atomic mass is 35.5. The number of benzene rings is 3. The van der Waals surface area contributed by atoms with E-state index in [0.29, 0.717) is 5.02 Å². The summed E-state index contributed by atoms with van der Waals surface area (Å²) in [6.45, 7) is -0.0694. The van der Waals surface area contributed by atoms with E-state index in [2.05, 4.69) is 15.6 Å². The fourth-order valence-electron chi connectivity index (χ4n) is 3.11. The van der Waals surface area contributed by atoms with Crippen molar-refractivity contribution in [3.8, 4) is 12.3 Å². The Balaban J connectivity index is 1.63. The van der Waals surface area contributed by atoms with Crippen molar-refractivity contribution in [2.24, 2.45) is 4.99 Å². The maximum atomic E-state index is 14.3. The van der Waals surface area contributed by atoms with Gasteiger partial charge < -0.3 is 4.57 Å². The molecule has 0 aliphatic heterocycles. The normalized spacial score (nSPS) is 12.0. The fourth-order valence-corrected chi connectivity index (χ4v) is 5.36. The number of sulfonamides is 1. The number of halogens is 3. The summed E-state index contributed by atoms with van der Waals surface area (Å²) in [4.78, 5) is 16.9. The summed E-state index contributed by atoms with van der Waals surface area (Å²) < 4.78 is 56.9. The Kier molecular flexibility index (Phi) is 6.52. The third kappa shape index (κ3) is 4.87. The number of rotatable bonds is 5. The number of nitrogens with zero attached hydrogens (tertiary/aromatic N) is 2. The fraction of sp³-hybridized carbons (Fsp3) is 0.0435. The molecule has 34 heavy (non-hydrogen) atoms. The van der Waals surface area contributed by atoms with Gasteiger partial charge in [0.05, 0.1) is 21.7 Å². The van der Waals surface area contributed by atoms with E-state index in [-0.39, 0.29) is 37.7 Å². The van der Waals surface area contributed by atoms with Crippen LogP contribution in [0.2, 0.25) is 5.02 Å². The van der Waals surface area contributed by atoms with Crippen LogP contribution in [0.15, 0.2) is 70.6 Å². The van der Waals surface area contributed by atoms with Gasteiger partial charge in [-0.3, -0.25) is 9.52 Å².